The molecule has 100 valence electrons. The third-order valence-corrected chi connectivity index (χ3v) is 3.58. The molecule has 18 heavy (non-hydrogen) atoms. The molecule has 1 aromatic carbocycles. The van der Waals surface area contributed by atoms with Crippen LogP contribution in [0.5, 0.6) is 0 Å². The SMILES string of the molecule is CO[C@@H]1[C@H](OC)[C@@H](OC)c2ccccc2[C@H]1OC. The van der Waals surface area contributed by atoms with Crippen molar-refractivity contribution in [3.63, 3.8) is 0 Å². The smallest absolute Gasteiger partial charge is 0.116 e. The zero-order valence-electron chi connectivity index (χ0n) is 11.3. The molecule has 0 saturated heterocycles. The third kappa shape index (κ3) is 2.06. The molecule has 0 aliphatic heterocycles. The summed E-state index contributed by atoms with van der Waals surface area (Å²) in [6.07, 6.45) is -0.634. The lowest BCUT2D eigenvalue weighted by Gasteiger charge is -2.41. The van der Waals surface area contributed by atoms with Crippen molar-refractivity contribution < 1.29 is 18.9 Å². The van der Waals surface area contributed by atoms with Crippen LogP contribution in [0.3, 0.4) is 0 Å². The highest BCUT2D eigenvalue weighted by Gasteiger charge is 2.43. The van der Waals surface area contributed by atoms with Crippen LogP contribution < -0.4 is 0 Å². The van der Waals surface area contributed by atoms with Crippen molar-refractivity contribution in [2.75, 3.05) is 28.4 Å². The van der Waals surface area contributed by atoms with Gasteiger partial charge in [0.2, 0.25) is 0 Å². The van der Waals surface area contributed by atoms with Crippen LogP contribution in [0, 0.1) is 0 Å². The third-order valence-electron chi connectivity index (χ3n) is 3.58. The number of benzene rings is 1. The van der Waals surface area contributed by atoms with Gasteiger partial charge in [0, 0.05) is 28.4 Å². The van der Waals surface area contributed by atoms with E-state index >= 15 is 0 Å². The van der Waals surface area contributed by atoms with Crippen LogP contribution in [0.2, 0.25) is 0 Å². The maximum absolute atomic E-state index is 5.59. The second kappa shape index (κ2) is 5.80. The molecule has 1 aliphatic rings. The predicted molar refractivity (Wildman–Crippen MR) is 67.5 cm³/mol. The number of hydrogen-bond acceptors (Lipinski definition) is 4. The Morgan fingerprint density at radius 2 is 1.06 bits per heavy atom. The van der Waals surface area contributed by atoms with E-state index in [1.54, 1.807) is 28.4 Å². The van der Waals surface area contributed by atoms with Crippen molar-refractivity contribution in [1.29, 1.82) is 0 Å². The van der Waals surface area contributed by atoms with Crippen LogP contribution in [0.15, 0.2) is 24.3 Å². The molecule has 0 bridgehead atoms. The van der Waals surface area contributed by atoms with Crippen molar-refractivity contribution in [1.82, 2.24) is 0 Å². The summed E-state index contributed by atoms with van der Waals surface area (Å²) in [6, 6.07) is 8.09. The van der Waals surface area contributed by atoms with E-state index in [4.69, 9.17) is 18.9 Å². The van der Waals surface area contributed by atoms with Gasteiger partial charge in [0.1, 0.15) is 24.4 Å². The summed E-state index contributed by atoms with van der Waals surface area (Å²) in [5.41, 5.74) is 2.21. The molecular weight excluding hydrogens is 232 g/mol. The number of methoxy groups -OCH3 is 4. The van der Waals surface area contributed by atoms with Crippen LogP contribution in [0.4, 0.5) is 0 Å². The molecule has 0 N–H and O–H groups in total. The molecule has 0 unspecified atom stereocenters. The van der Waals surface area contributed by atoms with Gasteiger partial charge in [-0.3, -0.25) is 0 Å². The minimum atomic E-state index is -0.181. The van der Waals surface area contributed by atoms with Gasteiger partial charge in [-0.05, 0) is 11.1 Å². The first-order valence-electron chi connectivity index (χ1n) is 5.98. The lowest BCUT2D eigenvalue weighted by molar-refractivity contribution is -0.163. The van der Waals surface area contributed by atoms with Crippen LogP contribution in [-0.4, -0.2) is 40.6 Å². The van der Waals surface area contributed by atoms with Crippen LogP contribution in [-0.2, 0) is 18.9 Å². The van der Waals surface area contributed by atoms with E-state index in [1.807, 2.05) is 24.3 Å². The first-order valence-corrected chi connectivity index (χ1v) is 5.98. The summed E-state index contributed by atoms with van der Waals surface area (Å²) < 4.78 is 22.3. The predicted octanol–water partition coefficient (Wildman–Crippen LogP) is 2.11. The summed E-state index contributed by atoms with van der Waals surface area (Å²) in [5, 5.41) is 0. The highest BCUT2D eigenvalue weighted by atomic mass is 16.6. The Morgan fingerprint density at radius 3 is 1.33 bits per heavy atom. The van der Waals surface area contributed by atoms with Crippen LogP contribution in [0.25, 0.3) is 0 Å². The summed E-state index contributed by atoms with van der Waals surface area (Å²) in [6.45, 7) is 0. The molecule has 2 rings (SSSR count). The zero-order valence-corrected chi connectivity index (χ0v) is 11.3. The zero-order chi connectivity index (χ0) is 13.1. The van der Waals surface area contributed by atoms with Crippen molar-refractivity contribution in [3.05, 3.63) is 35.4 Å². The van der Waals surface area contributed by atoms with Crippen molar-refractivity contribution in [2.24, 2.45) is 0 Å². The van der Waals surface area contributed by atoms with E-state index in [9.17, 15) is 0 Å². The highest BCUT2D eigenvalue weighted by Crippen LogP contribution is 2.42. The summed E-state index contributed by atoms with van der Waals surface area (Å²) in [5.74, 6) is 0. The summed E-state index contributed by atoms with van der Waals surface area (Å²) in [4.78, 5) is 0. The Balaban J connectivity index is 2.50. The Labute approximate surface area is 108 Å². The molecule has 0 radical (unpaired) electrons. The number of fused-ring (bicyclic) bond motifs is 1. The molecule has 4 nitrogen and oxygen atoms in total. The monoisotopic (exact) mass is 252 g/mol. The van der Waals surface area contributed by atoms with E-state index < -0.39 is 0 Å². The Morgan fingerprint density at radius 1 is 0.667 bits per heavy atom. The van der Waals surface area contributed by atoms with E-state index in [0.717, 1.165) is 11.1 Å². The second-order valence-corrected chi connectivity index (χ2v) is 4.34. The van der Waals surface area contributed by atoms with Crippen LogP contribution >= 0.6 is 0 Å². The highest BCUT2D eigenvalue weighted by molar-refractivity contribution is 5.36. The molecule has 4 heteroatoms. The van der Waals surface area contributed by atoms with Crippen molar-refractivity contribution in [3.8, 4) is 0 Å². The van der Waals surface area contributed by atoms with Gasteiger partial charge in [-0.2, -0.15) is 0 Å². The molecule has 0 spiro atoms. The van der Waals surface area contributed by atoms with Gasteiger partial charge in [0.05, 0.1) is 0 Å². The Kier molecular flexibility index (Phi) is 4.35. The number of rotatable bonds is 4. The molecule has 0 aromatic heterocycles. The minimum absolute atomic E-state index is 0.137. The van der Waals surface area contributed by atoms with Crippen molar-refractivity contribution >= 4 is 0 Å². The molecule has 0 amide bonds. The quantitative estimate of drug-likeness (QED) is 0.822. The van der Waals surface area contributed by atoms with Gasteiger partial charge in [-0.1, -0.05) is 24.3 Å². The fourth-order valence-corrected chi connectivity index (χ4v) is 2.77. The molecule has 0 heterocycles. The van der Waals surface area contributed by atoms with Crippen molar-refractivity contribution in [2.45, 2.75) is 24.4 Å². The van der Waals surface area contributed by atoms with E-state index in [2.05, 4.69) is 0 Å². The van der Waals surface area contributed by atoms with E-state index in [1.165, 1.54) is 0 Å². The summed E-state index contributed by atoms with van der Waals surface area (Å²) >= 11 is 0. The Hall–Kier alpha value is -0.940. The maximum atomic E-state index is 5.59. The first-order chi connectivity index (χ1) is 8.78. The average Bonchev–Trinajstić information content (AvgIpc) is 2.44. The molecule has 0 saturated carbocycles. The van der Waals surface area contributed by atoms with Gasteiger partial charge < -0.3 is 18.9 Å². The standard InChI is InChI=1S/C14H20O4/c1-15-11-9-7-5-6-8-10(9)12(16-2)14(18-4)13(11)17-3/h5-8,11-14H,1-4H3/t11-,12+,13+,14-. The summed E-state index contributed by atoms with van der Waals surface area (Å²) in [7, 11) is 6.72. The van der Waals surface area contributed by atoms with Gasteiger partial charge in [-0.25, -0.2) is 0 Å². The largest absolute Gasteiger partial charge is 0.376 e. The van der Waals surface area contributed by atoms with Crippen LogP contribution in [0.1, 0.15) is 23.3 Å². The Bertz CT molecular complexity index is 356. The fourth-order valence-electron chi connectivity index (χ4n) is 2.77. The fraction of sp³-hybridized carbons (Fsp3) is 0.571. The molecular formula is C14H20O4. The van der Waals surface area contributed by atoms with Gasteiger partial charge in [0.15, 0.2) is 0 Å². The van der Waals surface area contributed by atoms with E-state index in [0.29, 0.717) is 0 Å². The van der Waals surface area contributed by atoms with E-state index in [-0.39, 0.29) is 24.4 Å². The number of hydrogen-bond donors (Lipinski definition) is 0. The lowest BCUT2D eigenvalue weighted by atomic mass is 9.83. The minimum Gasteiger partial charge on any atom is -0.376 e. The first kappa shape index (κ1) is 13.5. The van der Waals surface area contributed by atoms with Gasteiger partial charge in [-0.15, -0.1) is 0 Å². The maximum Gasteiger partial charge on any atom is 0.116 e. The van der Waals surface area contributed by atoms with Gasteiger partial charge >= 0.3 is 0 Å². The second-order valence-electron chi connectivity index (χ2n) is 4.34. The number of ether oxygens (including phenoxy) is 4. The molecule has 1 aromatic rings. The normalized spacial score (nSPS) is 31.1. The molecule has 0 fully saturated rings. The molecule has 4 atom stereocenters. The average molecular weight is 252 g/mol. The van der Waals surface area contributed by atoms with Gasteiger partial charge in [0.25, 0.3) is 0 Å². The molecule has 1 aliphatic carbocycles. The lowest BCUT2D eigenvalue weighted by Crippen LogP contribution is -2.45. The topological polar surface area (TPSA) is 36.9 Å².